The van der Waals surface area contributed by atoms with Crippen molar-refractivity contribution < 1.29 is 17.5 Å². The second-order valence-electron chi connectivity index (χ2n) is 1.45. The monoisotopic (exact) mass is 153 g/mol. The summed E-state index contributed by atoms with van der Waals surface area (Å²) in [5.74, 6) is -0.555. The number of amides is 1. The van der Waals surface area contributed by atoms with Crippen LogP contribution in [0.4, 0.5) is 0 Å². The van der Waals surface area contributed by atoms with Gasteiger partial charge in [-0.3, -0.25) is 4.79 Å². The maximum atomic E-state index is 10.1. The van der Waals surface area contributed by atoms with Gasteiger partial charge in [-0.15, -0.1) is 4.28 Å². The number of hydrogen-bond acceptors (Lipinski definition) is 4. The normalized spacial score (nSPS) is 10.9. The molecule has 1 N–H and O–H groups in total. The molecule has 1 amide bonds. The SMILES string of the molecule is CC(=O)NOS(C)(=O)=O. The molecule has 9 heavy (non-hydrogen) atoms. The highest BCUT2D eigenvalue weighted by atomic mass is 32.2. The highest BCUT2D eigenvalue weighted by Crippen LogP contribution is 1.78. The fraction of sp³-hybridized carbons (Fsp3) is 0.667. The van der Waals surface area contributed by atoms with Crippen LogP contribution in [0.5, 0.6) is 0 Å². The number of rotatable bonds is 2. The molecule has 6 heteroatoms. The van der Waals surface area contributed by atoms with Crippen molar-refractivity contribution in [3.05, 3.63) is 0 Å². The molecule has 0 bridgehead atoms. The number of hydroxylamine groups is 1. The summed E-state index contributed by atoms with van der Waals surface area (Å²) in [5.41, 5.74) is 1.66. The zero-order valence-electron chi connectivity index (χ0n) is 5.04. The van der Waals surface area contributed by atoms with Crippen LogP contribution in [-0.2, 0) is 19.2 Å². The van der Waals surface area contributed by atoms with Crippen LogP contribution in [-0.4, -0.2) is 20.6 Å². The number of carbonyl (C=O) groups is 1. The van der Waals surface area contributed by atoms with E-state index in [1.165, 1.54) is 0 Å². The maximum absolute atomic E-state index is 10.1. The first-order valence-electron chi connectivity index (χ1n) is 2.07. The Hall–Kier alpha value is -0.620. The average molecular weight is 153 g/mol. The van der Waals surface area contributed by atoms with Crippen LogP contribution in [0, 0.1) is 0 Å². The second-order valence-corrected chi connectivity index (χ2v) is 3.02. The highest BCUT2D eigenvalue weighted by Gasteiger charge is 2.00. The van der Waals surface area contributed by atoms with Crippen molar-refractivity contribution in [1.29, 1.82) is 0 Å². The van der Waals surface area contributed by atoms with Crippen LogP contribution >= 0.6 is 0 Å². The van der Waals surface area contributed by atoms with E-state index in [0.29, 0.717) is 0 Å². The molecule has 0 saturated carbocycles. The lowest BCUT2D eigenvalue weighted by Crippen LogP contribution is -2.23. The van der Waals surface area contributed by atoms with Gasteiger partial charge in [-0.2, -0.15) is 8.42 Å². The van der Waals surface area contributed by atoms with E-state index < -0.39 is 16.0 Å². The van der Waals surface area contributed by atoms with Crippen LogP contribution < -0.4 is 5.48 Å². The van der Waals surface area contributed by atoms with Crippen molar-refractivity contribution in [2.75, 3.05) is 6.26 Å². The molecule has 0 fully saturated rings. The van der Waals surface area contributed by atoms with Gasteiger partial charge >= 0.3 is 0 Å². The zero-order valence-corrected chi connectivity index (χ0v) is 5.86. The Labute approximate surface area is 53.1 Å². The summed E-state index contributed by atoms with van der Waals surface area (Å²) in [7, 11) is -3.55. The lowest BCUT2D eigenvalue weighted by molar-refractivity contribution is -0.125. The Morgan fingerprint density at radius 2 is 2.00 bits per heavy atom. The third-order valence-corrected chi connectivity index (χ3v) is 0.723. The minimum absolute atomic E-state index is 0.555. The smallest absolute Gasteiger partial charge is 0.273 e. The number of carbonyl (C=O) groups excluding carboxylic acids is 1. The largest absolute Gasteiger partial charge is 0.285 e. The lowest BCUT2D eigenvalue weighted by Gasteiger charge is -1.96. The third kappa shape index (κ3) is 7.38. The molecule has 0 unspecified atom stereocenters. The molecule has 54 valence electrons. The van der Waals surface area contributed by atoms with Crippen molar-refractivity contribution in [2.45, 2.75) is 6.92 Å². The van der Waals surface area contributed by atoms with E-state index in [0.717, 1.165) is 13.2 Å². The number of nitrogens with one attached hydrogen (secondary N) is 1. The Morgan fingerprint density at radius 1 is 1.56 bits per heavy atom. The van der Waals surface area contributed by atoms with Crippen molar-refractivity contribution in [3.8, 4) is 0 Å². The third-order valence-electron chi connectivity index (χ3n) is 0.337. The summed E-state index contributed by atoms with van der Waals surface area (Å²) in [6.45, 7) is 1.14. The molecular formula is C3H7NO4S. The van der Waals surface area contributed by atoms with Gasteiger partial charge in [-0.1, -0.05) is 0 Å². The lowest BCUT2D eigenvalue weighted by atomic mass is 10.8. The summed E-state index contributed by atoms with van der Waals surface area (Å²) in [4.78, 5) is 9.99. The molecule has 0 rings (SSSR count). The number of hydrogen-bond donors (Lipinski definition) is 1. The van der Waals surface area contributed by atoms with Crippen molar-refractivity contribution in [3.63, 3.8) is 0 Å². The van der Waals surface area contributed by atoms with E-state index in [1.807, 2.05) is 0 Å². The van der Waals surface area contributed by atoms with E-state index in [9.17, 15) is 13.2 Å². The molecule has 0 aromatic rings. The van der Waals surface area contributed by atoms with Gasteiger partial charge in [0.15, 0.2) is 0 Å². The van der Waals surface area contributed by atoms with Gasteiger partial charge < -0.3 is 0 Å². The van der Waals surface area contributed by atoms with Gasteiger partial charge in [0.25, 0.3) is 10.1 Å². The standard InChI is InChI=1S/C3H7NO4S/c1-3(5)4-8-9(2,6)7/h1-2H3,(H,4,5). The first kappa shape index (κ1) is 8.38. The van der Waals surface area contributed by atoms with Crippen LogP contribution in [0.15, 0.2) is 0 Å². The predicted octanol–water partition coefficient (Wildman–Crippen LogP) is -0.986. The fourth-order valence-electron chi connectivity index (χ4n) is 0.134. The molecule has 0 aliphatic rings. The molecule has 0 aromatic heterocycles. The molecular weight excluding hydrogens is 146 g/mol. The zero-order chi connectivity index (χ0) is 7.49. The Morgan fingerprint density at radius 3 is 2.11 bits per heavy atom. The van der Waals surface area contributed by atoms with E-state index in [-0.39, 0.29) is 0 Å². The molecule has 0 saturated heterocycles. The van der Waals surface area contributed by atoms with Gasteiger partial charge in [0, 0.05) is 6.92 Å². The summed E-state index contributed by atoms with van der Waals surface area (Å²) >= 11 is 0. The maximum Gasteiger partial charge on any atom is 0.285 e. The van der Waals surface area contributed by atoms with E-state index in [1.54, 1.807) is 5.48 Å². The molecule has 0 atom stereocenters. The summed E-state index contributed by atoms with van der Waals surface area (Å²) in [6.07, 6.45) is 0.836. The molecule has 0 heterocycles. The molecule has 0 aliphatic heterocycles. The van der Waals surface area contributed by atoms with Gasteiger partial charge in [0.2, 0.25) is 5.91 Å². The molecule has 0 aliphatic carbocycles. The first-order chi connectivity index (χ1) is 3.92. The quantitative estimate of drug-likeness (QED) is 0.517. The first-order valence-corrected chi connectivity index (χ1v) is 3.88. The van der Waals surface area contributed by atoms with E-state index >= 15 is 0 Å². The van der Waals surface area contributed by atoms with Gasteiger partial charge in [-0.25, -0.2) is 5.48 Å². The Kier molecular flexibility index (Phi) is 2.60. The van der Waals surface area contributed by atoms with Crippen molar-refractivity contribution in [1.82, 2.24) is 5.48 Å². The molecule has 5 nitrogen and oxygen atoms in total. The van der Waals surface area contributed by atoms with Crippen LogP contribution in [0.2, 0.25) is 0 Å². The minimum atomic E-state index is -3.55. The molecule has 0 aromatic carbocycles. The van der Waals surface area contributed by atoms with Gasteiger partial charge in [-0.05, 0) is 0 Å². The predicted molar refractivity (Wildman–Crippen MR) is 29.7 cm³/mol. The summed E-state index contributed by atoms with van der Waals surface area (Å²) in [6, 6.07) is 0. The molecule has 0 spiro atoms. The summed E-state index contributed by atoms with van der Waals surface area (Å²) < 4.78 is 24.1. The minimum Gasteiger partial charge on any atom is -0.273 e. The second kappa shape index (κ2) is 2.79. The fourth-order valence-corrected chi connectivity index (χ4v) is 0.403. The van der Waals surface area contributed by atoms with E-state index in [2.05, 4.69) is 4.28 Å². The van der Waals surface area contributed by atoms with Gasteiger partial charge in [0.1, 0.15) is 0 Å². The average Bonchev–Trinajstić information content (AvgIpc) is 1.59. The van der Waals surface area contributed by atoms with Crippen LogP contribution in [0.1, 0.15) is 6.92 Å². The van der Waals surface area contributed by atoms with Crippen LogP contribution in [0.3, 0.4) is 0 Å². The molecule has 0 radical (unpaired) electrons. The highest BCUT2D eigenvalue weighted by molar-refractivity contribution is 7.85. The summed E-state index contributed by atoms with van der Waals surface area (Å²) in [5, 5.41) is 0. The van der Waals surface area contributed by atoms with Crippen LogP contribution in [0.25, 0.3) is 0 Å². The Bertz CT molecular complexity index is 194. The van der Waals surface area contributed by atoms with Crippen molar-refractivity contribution >= 4 is 16.0 Å². The van der Waals surface area contributed by atoms with Gasteiger partial charge in [0.05, 0.1) is 6.26 Å². The topological polar surface area (TPSA) is 72.5 Å². The van der Waals surface area contributed by atoms with E-state index in [4.69, 9.17) is 0 Å². The Balaban J connectivity index is 3.67. The van der Waals surface area contributed by atoms with Crippen molar-refractivity contribution in [2.24, 2.45) is 0 Å².